The number of halogens is 2. The molecule has 0 heterocycles. The van der Waals surface area contributed by atoms with Crippen LogP contribution in [-0.2, 0) is 4.79 Å². The summed E-state index contributed by atoms with van der Waals surface area (Å²) in [6, 6.07) is 13.0. The highest BCUT2D eigenvalue weighted by Crippen LogP contribution is 2.24. The number of benzene rings is 2. The number of anilines is 2. The molecule has 6 heteroatoms. The molecule has 0 fully saturated rings. The van der Waals surface area contributed by atoms with Gasteiger partial charge >= 0.3 is 0 Å². The van der Waals surface area contributed by atoms with Crippen molar-refractivity contribution >= 4 is 56.6 Å². The predicted molar refractivity (Wildman–Crippen MR) is 94.0 cm³/mol. The number of hydrogen-bond acceptors (Lipinski definition) is 3. The second-order valence-electron chi connectivity index (χ2n) is 4.33. The summed E-state index contributed by atoms with van der Waals surface area (Å²) in [5.74, 6) is 0.648. The van der Waals surface area contributed by atoms with Crippen LogP contribution in [0.1, 0.15) is 6.42 Å². The van der Waals surface area contributed by atoms with Crippen LogP contribution in [0, 0.1) is 0 Å². The van der Waals surface area contributed by atoms with Gasteiger partial charge in [0, 0.05) is 26.6 Å². The predicted octanol–water partition coefficient (Wildman–Crippen LogP) is 4.81. The SMILES string of the molecule is Nc1cc(Cl)ccc1NC(=O)CCSc1ccc(Br)cc1. The smallest absolute Gasteiger partial charge is 0.225 e. The van der Waals surface area contributed by atoms with Crippen LogP contribution in [0.3, 0.4) is 0 Å². The molecule has 3 N–H and O–H groups in total. The molecule has 0 radical (unpaired) electrons. The van der Waals surface area contributed by atoms with E-state index in [9.17, 15) is 4.79 Å². The average Bonchev–Trinajstić information content (AvgIpc) is 2.44. The molecule has 1 amide bonds. The van der Waals surface area contributed by atoms with Gasteiger partial charge in [0.1, 0.15) is 0 Å². The van der Waals surface area contributed by atoms with E-state index in [0.717, 1.165) is 9.37 Å². The summed E-state index contributed by atoms with van der Waals surface area (Å²) in [6.07, 6.45) is 0.419. The van der Waals surface area contributed by atoms with Gasteiger partial charge in [0.15, 0.2) is 0 Å². The first kappa shape index (κ1) is 16.2. The van der Waals surface area contributed by atoms with E-state index in [1.165, 1.54) is 0 Å². The van der Waals surface area contributed by atoms with Crippen molar-refractivity contribution in [2.75, 3.05) is 16.8 Å². The molecule has 2 rings (SSSR count). The Morgan fingerprint density at radius 3 is 2.62 bits per heavy atom. The molecule has 0 unspecified atom stereocenters. The van der Waals surface area contributed by atoms with Crippen LogP contribution >= 0.6 is 39.3 Å². The monoisotopic (exact) mass is 384 g/mol. The van der Waals surface area contributed by atoms with E-state index in [1.807, 2.05) is 24.3 Å². The lowest BCUT2D eigenvalue weighted by molar-refractivity contribution is -0.115. The highest BCUT2D eigenvalue weighted by Gasteiger charge is 2.06. The van der Waals surface area contributed by atoms with Crippen molar-refractivity contribution in [3.05, 3.63) is 52.0 Å². The minimum absolute atomic E-state index is 0.0614. The van der Waals surface area contributed by atoms with Gasteiger partial charge in [-0.05, 0) is 42.5 Å². The van der Waals surface area contributed by atoms with Crippen LogP contribution in [0.5, 0.6) is 0 Å². The highest BCUT2D eigenvalue weighted by atomic mass is 79.9. The van der Waals surface area contributed by atoms with Gasteiger partial charge in [0.2, 0.25) is 5.91 Å². The Balaban J connectivity index is 1.81. The average molecular weight is 386 g/mol. The lowest BCUT2D eigenvalue weighted by Gasteiger charge is -2.08. The largest absolute Gasteiger partial charge is 0.397 e. The number of carbonyl (C=O) groups is 1. The summed E-state index contributed by atoms with van der Waals surface area (Å²) < 4.78 is 1.04. The third-order valence-electron chi connectivity index (χ3n) is 2.70. The number of thioether (sulfide) groups is 1. The van der Waals surface area contributed by atoms with Crippen molar-refractivity contribution in [3.8, 4) is 0 Å². The fourth-order valence-electron chi connectivity index (χ4n) is 1.65. The molecule has 3 nitrogen and oxygen atoms in total. The molecule has 0 atom stereocenters. The Morgan fingerprint density at radius 1 is 1.24 bits per heavy atom. The van der Waals surface area contributed by atoms with Crippen LogP contribution in [-0.4, -0.2) is 11.7 Å². The van der Waals surface area contributed by atoms with Crippen molar-refractivity contribution in [2.24, 2.45) is 0 Å². The molecule has 2 aromatic carbocycles. The Bertz CT molecular complexity index is 634. The number of hydrogen-bond donors (Lipinski definition) is 2. The van der Waals surface area contributed by atoms with Gasteiger partial charge in [-0.2, -0.15) is 0 Å². The third-order valence-corrected chi connectivity index (χ3v) is 4.48. The summed E-state index contributed by atoms with van der Waals surface area (Å²) in [4.78, 5) is 13.0. The Kier molecular flexibility index (Phi) is 5.96. The first-order valence-electron chi connectivity index (χ1n) is 6.28. The Hall–Kier alpha value is -1.17. The zero-order chi connectivity index (χ0) is 15.2. The molecular formula is C15H14BrClN2OS. The first-order valence-corrected chi connectivity index (χ1v) is 8.43. The lowest BCUT2D eigenvalue weighted by atomic mass is 10.2. The molecular weight excluding hydrogens is 372 g/mol. The van der Waals surface area contributed by atoms with Gasteiger partial charge in [-0.15, -0.1) is 11.8 Å². The van der Waals surface area contributed by atoms with Gasteiger partial charge in [-0.3, -0.25) is 4.79 Å². The maximum Gasteiger partial charge on any atom is 0.225 e. The standard InChI is InChI=1S/C15H14BrClN2OS/c16-10-1-4-12(5-2-10)21-8-7-15(20)19-14-6-3-11(17)9-13(14)18/h1-6,9H,7-8,18H2,(H,19,20). The van der Waals surface area contributed by atoms with Crippen LogP contribution < -0.4 is 11.1 Å². The molecule has 21 heavy (non-hydrogen) atoms. The summed E-state index contributed by atoms with van der Waals surface area (Å²) in [6.45, 7) is 0. The van der Waals surface area contributed by atoms with E-state index in [0.29, 0.717) is 28.6 Å². The summed E-state index contributed by atoms with van der Waals surface area (Å²) in [5, 5.41) is 3.34. The first-order chi connectivity index (χ1) is 10.0. The molecule has 0 bridgehead atoms. The topological polar surface area (TPSA) is 55.1 Å². The minimum Gasteiger partial charge on any atom is -0.397 e. The van der Waals surface area contributed by atoms with E-state index in [4.69, 9.17) is 17.3 Å². The molecule has 0 spiro atoms. The quantitative estimate of drug-likeness (QED) is 0.574. The summed E-state index contributed by atoms with van der Waals surface area (Å²) in [7, 11) is 0. The van der Waals surface area contributed by atoms with Gasteiger partial charge < -0.3 is 11.1 Å². The van der Waals surface area contributed by atoms with Crippen LogP contribution in [0.15, 0.2) is 51.8 Å². The van der Waals surface area contributed by atoms with Crippen molar-refractivity contribution < 1.29 is 4.79 Å². The van der Waals surface area contributed by atoms with Crippen molar-refractivity contribution in [2.45, 2.75) is 11.3 Å². The number of nitrogen functional groups attached to an aromatic ring is 1. The van der Waals surface area contributed by atoms with Crippen molar-refractivity contribution in [1.82, 2.24) is 0 Å². The van der Waals surface area contributed by atoms with E-state index in [2.05, 4.69) is 21.2 Å². The van der Waals surface area contributed by atoms with Crippen LogP contribution in [0.4, 0.5) is 11.4 Å². The van der Waals surface area contributed by atoms with Gasteiger partial charge in [0.05, 0.1) is 11.4 Å². The summed E-state index contributed by atoms with van der Waals surface area (Å²) >= 11 is 10.8. The second kappa shape index (κ2) is 7.73. The molecule has 0 aromatic heterocycles. The second-order valence-corrected chi connectivity index (χ2v) is 6.85. The molecule has 0 saturated heterocycles. The van der Waals surface area contributed by atoms with E-state index >= 15 is 0 Å². The maximum atomic E-state index is 11.9. The Labute approximate surface area is 141 Å². The number of rotatable bonds is 5. The molecule has 110 valence electrons. The Morgan fingerprint density at radius 2 is 1.95 bits per heavy atom. The van der Waals surface area contributed by atoms with E-state index in [1.54, 1.807) is 30.0 Å². The third kappa shape index (κ3) is 5.26. The zero-order valence-electron chi connectivity index (χ0n) is 11.1. The number of nitrogens with one attached hydrogen (secondary N) is 1. The minimum atomic E-state index is -0.0614. The molecule has 0 aliphatic carbocycles. The van der Waals surface area contributed by atoms with Crippen LogP contribution in [0.25, 0.3) is 0 Å². The van der Waals surface area contributed by atoms with Gasteiger partial charge in [-0.25, -0.2) is 0 Å². The number of amides is 1. The van der Waals surface area contributed by atoms with Gasteiger partial charge in [0.25, 0.3) is 0 Å². The molecule has 0 saturated carbocycles. The number of nitrogens with two attached hydrogens (primary N) is 1. The lowest BCUT2D eigenvalue weighted by Crippen LogP contribution is -2.13. The van der Waals surface area contributed by atoms with E-state index in [-0.39, 0.29) is 5.91 Å². The fourth-order valence-corrected chi connectivity index (χ4v) is 2.95. The number of carbonyl (C=O) groups excluding carboxylic acids is 1. The van der Waals surface area contributed by atoms with Crippen molar-refractivity contribution in [3.63, 3.8) is 0 Å². The fraction of sp³-hybridized carbons (Fsp3) is 0.133. The van der Waals surface area contributed by atoms with Crippen molar-refractivity contribution in [1.29, 1.82) is 0 Å². The molecule has 0 aliphatic rings. The van der Waals surface area contributed by atoms with Crippen LogP contribution in [0.2, 0.25) is 5.02 Å². The maximum absolute atomic E-state index is 11.9. The zero-order valence-corrected chi connectivity index (χ0v) is 14.3. The molecule has 2 aromatic rings. The highest BCUT2D eigenvalue weighted by molar-refractivity contribution is 9.10. The summed E-state index contributed by atoms with van der Waals surface area (Å²) in [5.41, 5.74) is 6.86. The van der Waals surface area contributed by atoms with E-state index < -0.39 is 0 Å². The van der Waals surface area contributed by atoms with Gasteiger partial charge in [-0.1, -0.05) is 27.5 Å². The normalized spacial score (nSPS) is 10.4. The molecule has 0 aliphatic heterocycles.